The topological polar surface area (TPSA) is 84.4 Å². The number of rotatable bonds is 1. The number of morpholine rings is 1. The molecule has 1 unspecified atom stereocenters. The van der Waals surface area contributed by atoms with Crippen molar-refractivity contribution in [2.24, 2.45) is 0 Å². The molecule has 0 aromatic carbocycles. The molecule has 2 fully saturated rings. The molecule has 3 heterocycles. The molecule has 2 amide bonds. The van der Waals surface area contributed by atoms with Crippen LogP contribution in [0.4, 0.5) is 0 Å². The zero-order valence-electron chi connectivity index (χ0n) is 11.9. The second kappa shape index (κ2) is 5.40. The van der Waals surface area contributed by atoms with Gasteiger partial charge in [-0.3, -0.25) is 14.6 Å². The Bertz CT molecular complexity index is 540. The predicted molar refractivity (Wildman–Crippen MR) is 73.5 cm³/mol. The standard InChI is InChI=1S/C14H18N4O3/c1-10-14(21-9-12(19)17-10)2-6-18(7-3-14)13(20)11-8-15-4-5-16-11/h4-5,8,10H,2-3,6-7,9H2,1H3,(H,17,19). The van der Waals surface area contributed by atoms with Gasteiger partial charge in [0.15, 0.2) is 0 Å². The van der Waals surface area contributed by atoms with Gasteiger partial charge in [0, 0.05) is 25.5 Å². The quantitative estimate of drug-likeness (QED) is 0.786. The van der Waals surface area contributed by atoms with Crippen LogP contribution in [-0.4, -0.2) is 58.0 Å². The lowest BCUT2D eigenvalue weighted by Gasteiger charge is -2.47. The van der Waals surface area contributed by atoms with Gasteiger partial charge in [0.25, 0.3) is 5.91 Å². The van der Waals surface area contributed by atoms with E-state index in [2.05, 4.69) is 15.3 Å². The molecule has 2 aliphatic heterocycles. The lowest BCUT2D eigenvalue weighted by Crippen LogP contribution is -2.63. The normalized spacial score (nSPS) is 24.7. The van der Waals surface area contributed by atoms with Gasteiger partial charge in [-0.2, -0.15) is 0 Å². The third-order valence-electron chi connectivity index (χ3n) is 4.34. The van der Waals surface area contributed by atoms with E-state index < -0.39 is 0 Å². The van der Waals surface area contributed by atoms with Crippen LogP contribution in [0.1, 0.15) is 30.3 Å². The smallest absolute Gasteiger partial charge is 0.274 e. The van der Waals surface area contributed by atoms with Crippen molar-refractivity contribution in [1.82, 2.24) is 20.2 Å². The monoisotopic (exact) mass is 290 g/mol. The first-order chi connectivity index (χ1) is 10.1. The SMILES string of the molecule is CC1NC(=O)COC12CCN(C(=O)c1cnccn1)CC2. The summed E-state index contributed by atoms with van der Waals surface area (Å²) >= 11 is 0. The number of ether oxygens (including phenoxy) is 1. The van der Waals surface area contributed by atoms with E-state index in [0.29, 0.717) is 31.6 Å². The summed E-state index contributed by atoms with van der Waals surface area (Å²) in [6.45, 7) is 3.24. The van der Waals surface area contributed by atoms with Crippen LogP contribution in [0.5, 0.6) is 0 Å². The second-order valence-corrected chi connectivity index (χ2v) is 5.53. The summed E-state index contributed by atoms with van der Waals surface area (Å²) in [4.78, 5) is 33.4. The van der Waals surface area contributed by atoms with E-state index in [0.717, 1.165) is 0 Å². The summed E-state index contributed by atoms with van der Waals surface area (Å²) in [6, 6.07) is -0.0347. The average Bonchev–Trinajstić information content (AvgIpc) is 2.52. The fraction of sp³-hybridized carbons (Fsp3) is 0.571. The van der Waals surface area contributed by atoms with E-state index in [-0.39, 0.29) is 30.1 Å². The maximum absolute atomic E-state index is 12.3. The number of nitrogens with zero attached hydrogens (tertiary/aromatic N) is 3. The molecule has 0 saturated carbocycles. The lowest BCUT2D eigenvalue weighted by molar-refractivity contribution is -0.158. The Morgan fingerprint density at radius 3 is 2.81 bits per heavy atom. The first-order valence-corrected chi connectivity index (χ1v) is 7.09. The van der Waals surface area contributed by atoms with Gasteiger partial charge < -0.3 is 15.0 Å². The van der Waals surface area contributed by atoms with E-state index in [1.165, 1.54) is 12.4 Å². The summed E-state index contributed by atoms with van der Waals surface area (Å²) in [5.74, 6) is -0.184. The molecular weight excluding hydrogens is 272 g/mol. The number of piperidine rings is 1. The number of aromatic nitrogens is 2. The maximum atomic E-state index is 12.3. The van der Waals surface area contributed by atoms with Gasteiger partial charge in [-0.25, -0.2) is 4.98 Å². The molecule has 1 N–H and O–H groups in total. The second-order valence-electron chi connectivity index (χ2n) is 5.53. The minimum absolute atomic E-state index is 0.0347. The molecule has 0 bridgehead atoms. The highest BCUT2D eigenvalue weighted by molar-refractivity contribution is 5.92. The Kier molecular flexibility index (Phi) is 3.59. The number of nitrogens with one attached hydrogen (secondary N) is 1. The molecule has 0 radical (unpaired) electrons. The molecule has 1 aromatic rings. The number of amides is 2. The van der Waals surface area contributed by atoms with Crippen LogP contribution >= 0.6 is 0 Å². The molecular formula is C14H18N4O3. The first-order valence-electron chi connectivity index (χ1n) is 7.09. The summed E-state index contributed by atoms with van der Waals surface area (Å²) in [5, 5.41) is 2.93. The molecule has 1 aromatic heterocycles. The third-order valence-corrected chi connectivity index (χ3v) is 4.34. The highest BCUT2D eigenvalue weighted by atomic mass is 16.5. The summed E-state index contributed by atoms with van der Waals surface area (Å²) < 4.78 is 5.79. The van der Waals surface area contributed by atoms with Crippen molar-refractivity contribution < 1.29 is 14.3 Å². The number of hydrogen-bond donors (Lipinski definition) is 1. The van der Waals surface area contributed by atoms with E-state index in [1.807, 2.05) is 6.92 Å². The minimum Gasteiger partial charge on any atom is -0.363 e. The van der Waals surface area contributed by atoms with E-state index >= 15 is 0 Å². The number of hydrogen-bond acceptors (Lipinski definition) is 5. The molecule has 21 heavy (non-hydrogen) atoms. The molecule has 2 aliphatic rings. The van der Waals surface area contributed by atoms with Gasteiger partial charge in [0.1, 0.15) is 12.3 Å². The Hall–Kier alpha value is -2.02. The number of carbonyl (C=O) groups is 2. The molecule has 1 spiro atoms. The van der Waals surface area contributed by atoms with Gasteiger partial charge in [-0.1, -0.05) is 0 Å². The summed E-state index contributed by atoms with van der Waals surface area (Å²) in [7, 11) is 0. The summed E-state index contributed by atoms with van der Waals surface area (Å²) in [6.07, 6.45) is 5.95. The largest absolute Gasteiger partial charge is 0.363 e. The van der Waals surface area contributed by atoms with Crippen molar-refractivity contribution >= 4 is 11.8 Å². The Balaban J connectivity index is 1.65. The van der Waals surface area contributed by atoms with Crippen molar-refractivity contribution in [3.8, 4) is 0 Å². The molecule has 2 saturated heterocycles. The average molecular weight is 290 g/mol. The predicted octanol–water partition coefficient (Wildman–Crippen LogP) is -0.0137. The Morgan fingerprint density at radius 2 is 2.19 bits per heavy atom. The zero-order chi connectivity index (χ0) is 14.9. The first kappa shape index (κ1) is 13.9. The maximum Gasteiger partial charge on any atom is 0.274 e. The number of likely N-dealkylation sites (tertiary alicyclic amines) is 1. The Morgan fingerprint density at radius 1 is 1.43 bits per heavy atom. The van der Waals surface area contributed by atoms with E-state index in [1.54, 1.807) is 11.1 Å². The van der Waals surface area contributed by atoms with Gasteiger partial charge in [0.05, 0.1) is 17.8 Å². The summed E-state index contributed by atoms with van der Waals surface area (Å²) in [5.41, 5.74) is 0.00641. The highest BCUT2D eigenvalue weighted by Crippen LogP contribution is 2.32. The lowest BCUT2D eigenvalue weighted by atomic mass is 9.83. The minimum atomic E-state index is -0.354. The van der Waals surface area contributed by atoms with E-state index in [4.69, 9.17) is 4.74 Å². The molecule has 112 valence electrons. The van der Waals surface area contributed by atoms with Crippen molar-refractivity contribution in [3.05, 3.63) is 24.3 Å². The van der Waals surface area contributed by atoms with Crippen molar-refractivity contribution in [1.29, 1.82) is 0 Å². The highest BCUT2D eigenvalue weighted by Gasteiger charge is 2.45. The Labute approximate surface area is 122 Å². The van der Waals surface area contributed by atoms with Gasteiger partial charge in [0.2, 0.25) is 5.91 Å². The fourth-order valence-electron chi connectivity index (χ4n) is 2.99. The van der Waals surface area contributed by atoms with Gasteiger partial charge >= 0.3 is 0 Å². The van der Waals surface area contributed by atoms with Crippen LogP contribution in [-0.2, 0) is 9.53 Å². The van der Waals surface area contributed by atoms with E-state index in [9.17, 15) is 9.59 Å². The molecule has 3 rings (SSSR count). The molecule has 7 nitrogen and oxygen atoms in total. The van der Waals surface area contributed by atoms with Crippen LogP contribution in [0.15, 0.2) is 18.6 Å². The van der Waals surface area contributed by atoms with Crippen LogP contribution in [0.25, 0.3) is 0 Å². The molecule has 1 atom stereocenters. The van der Waals surface area contributed by atoms with Crippen molar-refractivity contribution in [2.45, 2.75) is 31.4 Å². The molecule has 7 heteroatoms. The van der Waals surface area contributed by atoms with Crippen LogP contribution < -0.4 is 5.32 Å². The van der Waals surface area contributed by atoms with Gasteiger partial charge in [-0.05, 0) is 19.8 Å². The number of carbonyl (C=O) groups excluding carboxylic acids is 2. The van der Waals surface area contributed by atoms with Gasteiger partial charge in [-0.15, -0.1) is 0 Å². The van der Waals surface area contributed by atoms with Crippen molar-refractivity contribution in [2.75, 3.05) is 19.7 Å². The van der Waals surface area contributed by atoms with Crippen LogP contribution in [0.2, 0.25) is 0 Å². The van der Waals surface area contributed by atoms with Crippen LogP contribution in [0, 0.1) is 0 Å². The molecule has 0 aliphatic carbocycles. The third kappa shape index (κ3) is 2.61. The fourth-order valence-corrected chi connectivity index (χ4v) is 2.99. The van der Waals surface area contributed by atoms with Crippen molar-refractivity contribution in [3.63, 3.8) is 0 Å². The van der Waals surface area contributed by atoms with Crippen LogP contribution in [0.3, 0.4) is 0 Å². The zero-order valence-corrected chi connectivity index (χ0v) is 11.9.